The molecule has 0 saturated heterocycles. The Morgan fingerprint density at radius 3 is 1.50 bits per heavy atom. The van der Waals surface area contributed by atoms with Crippen LogP contribution in [0.4, 0.5) is 0 Å². The molecule has 0 amide bonds. The second kappa shape index (κ2) is 13.2. The second-order valence-electron chi connectivity index (χ2n) is 14.4. The molecule has 2 aliphatic carbocycles. The van der Waals surface area contributed by atoms with Gasteiger partial charge in [0.05, 0.1) is 0 Å². The summed E-state index contributed by atoms with van der Waals surface area (Å²) in [4.78, 5) is 0. The van der Waals surface area contributed by atoms with Crippen LogP contribution in [-0.4, -0.2) is 3.26 Å². The third kappa shape index (κ3) is 6.62. The molecule has 2 aliphatic rings. The maximum atomic E-state index is 2.53. The first kappa shape index (κ1) is 34.6. The standard InChI is InChI=1S/C21H25.C15H14.C5H5.2ClH.Hf/c1-20(2,3)16-9-7-14-11-15-8-10-17(21(4,5)6)13-19(15)18(14)12-16;1-12-5-3-7-14(9-12)11-15-8-4-6-13(2)10-15;1-2-4-5-3-1;;;/h7-13H,1-6H3;3-10H,1-2H3;1-3H,4H2;2*1H;/q;;;;;+2/p-2. The largest absolute Gasteiger partial charge is 1.00 e. The molecule has 0 unspecified atom stereocenters. The molecule has 0 bridgehead atoms. The predicted molar refractivity (Wildman–Crippen MR) is 179 cm³/mol. The first-order valence-electron chi connectivity index (χ1n) is 15.5. The minimum atomic E-state index is -2.91. The van der Waals surface area contributed by atoms with Crippen LogP contribution >= 0.6 is 0 Å². The molecule has 4 aromatic carbocycles. The van der Waals surface area contributed by atoms with E-state index in [-0.39, 0.29) is 35.6 Å². The Kier molecular flexibility index (Phi) is 10.4. The van der Waals surface area contributed by atoms with Crippen molar-refractivity contribution < 1.29 is 45.8 Å². The van der Waals surface area contributed by atoms with Gasteiger partial charge in [0.25, 0.3) is 0 Å². The molecule has 0 radical (unpaired) electrons. The zero-order chi connectivity index (χ0) is 29.8. The maximum Gasteiger partial charge on any atom is -1.00 e. The Balaban J connectivity index is 0.00000221. The van der Waals surface area contributed by atoms with Crippen LogP contribution in [0.25, 0.3) is 11.1 Å². The molecule has 6 rings (SSSR count). The SMILES string of the molecule is Cc1cccc([C](c2cccc(C)c2)=[Hf+2]([C]2=CC=CC2)[CH]2c3ccc(C(C)(C)C)cc3-c3cc(C(C)(C)C)ccc32)c1.[Cl-].[Cl-]. The molecule has 226 valence electrons. The molecule has 0 atom stereocenters. The first-order valence-corrected chi connectivity index (χ1v) is 21.1. The van der Waals surface area contributed by atoms with Crippen molar-refractivity contribution in [3.05, 3.63) is 151 Å². The smallest absolute Gasteiger partial charge is 1.00 e. The zero-order valence-electron chi connectivity index (χ0n) is 27.4. The minimum Gasteiger partial charge on any atom is -1.00 e. The van der Waals surface area contributed by atoms with E-state index < -0.39 is 21.0 Å². The van der Waals surface area contributed by atoms with Gasteiger partial charge in [-0.3, -0.25) is 0 Å². The van der Waals surface area contributed by atoms with Crippen molar-refractivity contribution in [1.82, 2.24) is 0 Å². The van der Waals surface area contributed by atoms with Gasteiger partial charge in [0.1, 0.15) is 0 Å². The molecule has 0 heterocycles. The van der Waals surface area contributed by atoms with Gasteiger partial charge in [-0.15, -0.1) is 0 Å². The third-order valence-corrected chi connectivity index (χ3v) is 21.2. The summed E-state index contributed by atoms with van der Waals surface area (Å²) in [6.07, 6.45) is 8.27. The van der Waals surface area contributed by atoms with E-state index >= 15 is 0 Å². The molecule has 44 heavy (non-hydrogen) atoms. The Morgan fingerprint density at radius 1 is 0.636 bits per heavy atom. The average molecular weight is 786 g/mol. The molecule has 0 aliphatic heterocycles. The molecule has 0 spiro atoms. The molecular weight excluding hydrogens is 742 g/mol. The van der Waals surface area contributed by atoms with E-state index in [1.807, 2.05) is 0 Å². The molecule has 4 aromatic rings. The van der Waals surface area contributed by atoms with E-state index in [1.54, 1.807) is 17.7 Å². The molecular formula is C41H44Cl2Hf. The molecule has 3 heteroatoms. The van der Waals surface area contributed by atoms with Crippen molar-refractivity contribution in [1.29, 1.82) is 0 Å². The minimum absolute atomic E-state index is 0. The summed E-state index contributed by atoms with van der Waals surface area (Å²) in [7, 11) is 0. The van der Waals surface area contributed by atoms with Gasteiger partial charge in [-0.2, -0.15) is 0 Å². The number of hydrogen-bond acceptors (Lipinski definition) is 0. The normalized spacial score (nSPS) is 13.7. The van der Waals surface area contributed by atoms with E-state index in [2.05, 4.69) is 159 Å². The summed E-state index contributed by atoms with van der Waals surface area (Å²) in [5.74, 6) is 0. The summed E-state index contributed by atoms with van der Waals surface area (Å²) in [5, 5.41) is 0. The van der Waals surface area contributed by atoms with Crippen molar-refractivity contribution in [2.75, 3.05) is 0 Å². The van der Waals surface area contributed by atoms with Crippen LogP contribution in [0.5, 0.6) is 0 Å². The number of rotatable bonds is 4. The Labute approximate surface area is 285 Å². The Hall–Kier alpha value is -2.32. The fourth-order valence-electron chi connectivity index (χ4n) is 6.71. The van der Waals surface area contributed by atoms with Crippen molar-refractivity contribution in [3.63, 3.8) is 0 Å². The number of allylic oxidation sites excluding steroid dienone is 4. The molecule has 0 fully saturated rings. The third-order valence-electron chi connectivity index (χ3n) is 9.04. The van der Waals surface area contributed by atoms with Gasteiger partial charge in [-0.1, -0.05) is 0 Å². The van der Waals surface area contributed by atoms with Crippen molar-refractivity contribution in [2.24, 2.45) is 0 Å². The maximum absolute atomic E-state index is 2.91. The number of hydrogen-bond donors (Lipinski definition) is 0. The van der Waals surface area contributed by atoms with Gasteiger partial charge in [0.2, 0.25) is 0 Å². The molecule has 0 saturated carbocycles. The number of benzene rings is 4. The molecule has 0 N–H and O–H groups in total. The van der Waals surface area contributed by atoms with Crippen LogP contribution in [0.3, 0.4) is 0 Å². The van der Waals surface area contributed by atoms with E-state index in [0.717, 1.165) is 6.42 Å². The summed E-state index contributed by atoms with van der Waals surface area (Å²) >= 11 is -2.91. The van der Waals surface area contributed by atoms with Crippen LogP contribution in [0.15, 0.2) is 106 Å². The van der Waals surface area contributed by atoms with Gasteiger partial charge in [-0.05, 0) is 0 Å². The summed E-state index contributed by atoms with van der Waals surface area (Å²) in [5.41, 5.74) is 14.6. The van der Waals surface area contributed by atoms with Crippen LogP contribution in [0.2, 0.25) is 0 Å². The topological polar surface area (TPSA) is 0 Å². The predicted octanol–water partition coefficient (Wildman–Crippen LogP) is 4.71. The average Bonchev–Trinajstić information content (AvgIpc) is 3.57. The molecule has 0 aromatic heterocycles. The first-order chi connectivity index (χ1) is 19.9. The van der Waals surface area contributed by atoms with Crippen molar-refractivity contribution in [3.8, 4) is 11.1 Å². The van der Waals surface area contributed by atoms with Crippen LogP contribution in [0.1, 0.15) is 96.1 Å². The van der Waals surface area contributed by atoms with E-state index in [4.69, 9.17) is 0 Å². The van der Waals surface area contributed by atoms with E-state index in [1.165, 1.54) is 44.5 Å². The van der Waals surface area contributed by atoms with Crippen molar-refractivity contribution in [2.45, 2.75) is 76.3 Å². The fraction of sp³-hybridized carbons (Fsp3) is 0.293. The quantitative estimate of drug-likeness (QED) is 0.264. The van der Waals surface area contributed by atoms with Gasteiger partial charge < -0.3 is 24.8 Å². The van der Waals surface area contributed by atoms with Crippen LogP contribution < -0.4 is 24.8 Å². The summed E-state index contributed by atoms with van der Waals surface area (Å²) in [6.45, 7) is 18.5. The Bertz CT molecular complexity index is 1680. The zero-order valence-corrected chi connectivity index (χ0v) is 32.5. The summed E-state index contributed by atoms with van der Waals surface area (Å²) < 4.78 is 3.80. The van der Waals surface area contributed by atoms with Gasteiger partial charge in [-0.25, -0.2) is 0 Å². The number of aryl methyl sites for hydroxylation is 2. The number of halogens is 2. The van der Waals surface area contributed by atoms with Crippen LogP contribution in [0, 0.1) is 13.8 Å². The van der Waals surface area contributed by atoms with E-state index in [0.29, 0.717) is 3.67 Å². The number of fused-ring (bicyclic) bond motifs is 3. The van der Waals surface area contributed by atoms with Crippen molar-refractivity contribution >= 4 is 3.26 Å². The van der Waals surface area contributed by atoms with Crippen LogP contribution in [-0.2, 0) is 31.8 Å². The molecule has 0 nitrogen and oxygen atoms in total. The van der Waals surface area contributed by atoms with Gasteiger partial charge in [0.15, 0.2) is 0 Å². The van der Waals surface area contributed by atoms with Gasteiger partial charge >= 0.3 is 263 Å². The Morgan fingerprint density at radius 2 is 1.11 bits per heavy atom. The fourth-order valence-corrected chi connectivity index (χ4v) is 19.8. The second-order valence-corrected chi connectivity index (χ2v) is 23.5. The van der Waals surface area contributed by atoms with E-state index in [9.17, 15) is 0 Å². The monoisotopic (exact) mass is 786 g/mol. The van der Waals surface area contributed by atoms with Gasteiger partial charge in [0, 0.05) is 0 Å². The summed E-state index contributed by atoms with van der Waals surface area (Å²) in [6, 6.07) is 33.5.